The average molecular weight is 378 g/mol. The van der Waals surface area contributed by atoms with E-state index >= 15 is 0 Å². The van der Waals surface area contributed by atoms with Gasteiger partial charge in [0, 0.05) is 5.56 Å². The molecular formula is C20H20F2O5. The lowest BCUT2D eigenvalue weighted by Crippen LogP contribution is -2.04. The maximum absolute atomic E-state index is 12.4. The smallest absolute Gasteiger partial charge is 0.387 e. The summed E-state index contributed by atoms with van der Waals surface area (Å²) in [6.07, 6.45) is 2.94. The van der Waals surface area contributed by atoms with Crippen LogP contribution in [0, 0.1) is 0 Å². The Bertz CT molecular complexity index is 818. The number of ether oxygens (including phenoxy) is 4. The number of benzene rings is 2. The zero-order chi connectivity index (χ0) is 19.8. The summed E-state index contributed by atoms with van der Waals surface area (Å²) in [4.78, 5) is 12.4. The number of ketones is 1. The second kappa shape index (κ2) is 9.56. The lowest BCUT2D eigenvalue weighted by atomic mass is 10.1. The quantitative estimate of drug-likeness (QED) is 0.472. The third-order valence-corrected chi connectivity index (χ3v) is 3.58. The van der Waals surface area contributed by atoms with Gasteiger partial charge in [-0.2, -0.15) is 8.78 Å². The van der Waals surface area contributed by atoms with Crippen molar-refractivity contribution >= 4 is 11.9 Å². The van der Waals surface area contributed by atoms with Crippen molar-refractivity contribution < 1.29 is 32.5 Å². The van der Waals surface area contributed by atoms with Crippen LogP contribution >= 0.6 is 0 Å². The number of carbonyl (C=O) groups excluding carboxylic acids is 1. The molecule has 27 heavy (non-hydrogen) atoms. The molecule has 0 saturated carbocycles. The molecule has 2 rings (SSSR count). The number of allylic oxidation sites excluding steroid dienone is 1. The van der Waals surface area contributed by atoms with Crippen molar-refractivity contribution in [2.45, 2.75) is 13.5 Å². The normalized spacial score (nSPS) is 10.9. The number of methoxy groups -OCH3 is 2. The molecule has 0 N–H and O–H groups in total. The van der Waals surface area contributed by atoms with Crippen molar-refractivity contribution in [2.75, 3.05) is 20.8 Å². The molecule has 0 aliphatic rings. The van der Waals surface area contributed by atoms with E-state index in [-0.39, 0.29) is 23.9 Å². The molecule has 0 fully saturated rings. The van der Waals surface area contributed by atoms with Crippen LogP contribution < -0.4 is 18.9 Å². The summed E-state index contributed by atoms with van der Waals surface area (Å²) < 4.78 is 45.0. The van der Waals surface area contributed by atoms with E-state index in [0.29, 0.717) is 22.6 Å². The Morgan fingerprint density at radius 3 is 2.33 bits per heavy atom. The first-order valence-electron chi connectivity index (χ1n) is 8.14. The highest BCUT2D eigenvalue weighted by Crippen LogP contribution is 2.31. The summed E-state index contributed by atoms with van der Waals surface area (Å²) in [5.41, 5.74) is 1.03. The monoisotopic (exact) mass is 378 g/mol. The molecule has 7 heteroatoms. The molecule has 0 spiro atoms. The van der Waals surface area contributed by atoms with Gasteiger partial charge in [-0.15, -0.1) is 0 Å². The second-order valence-electron chi connectivity index (χ2n) is 5.29. The first-order valence-corrected chi connectivity index (χ1v) is 8.14. The molecule has 0 aromatic heterocycles. The number of halogens is 2. The molecule has 0 amide bonds. The fraction of sp³-hybridized carbons (Fsp3) is 0.250. The summed E-state index contributed by atoms with van der Waals surface area (Å²) in [6, 6.07) is 9.30. The van der Waals surface area contributed by atoms with Gasteiger partial charge in [0.2, 0.25) is 0 Å². The standard InChI is InChI=1S/C20H20F2O5/c1-4-26-19-11-13(6-9-17(19)27-20(21)22)5-8-15(23)14-7-10-16(24-2)18(12-14)25-3/h5-12,20H,4H2,1-3H3/b8-5+. The maximum atomic E-state index is 12.4. The Labute approximate surface area is 156 Å². The van der Waals surface area contributed by atoms with Gasteiger partial charge >= 0.3 is 6.61 Å². The minimum atomic E-state index is -2.95. The molecule has 0 radical (unpaired) electrons. The Kier molecular flexibility index (Phi) is 7.16. The predicted molar refractivity (Wildman–Crippen MR) is 97.2 cm³/mol. The van der Waals surface area contributed by atoms with Crippen LogP contribution in [0.3, 0.4) is 0 Å². The number of rotatable bonds is 9. The summed E-state index contributed by atoms with van der Waals surface area (Å²) >= 11 is 0. The van der Waals surface area contributed by atoms with Crippen LogP contribution in [0.15, 0.2) is 42.5 Å². The average Bonchev–Trinajstić information content (AvgIpc) is 2.67. The highest BCUT2D eigenvalue weighted by molar-refractivity contribution is 6.07. The molecule has 144 valence electrons. The SMILES string of the molecule is CCOc1cc(/C=C/C(=O)c2ccc(OC)c(OC)c2)ccc1OC(F)F. The van der Waals surface area contributed by atoms with E-state index in [9.17, 15) is 13.6 Å². The molecule has 0 aliphatic carbocycles. The molecule has 0 aliphatic heterocycles. The maximum Gasteiger partial charge on any atom is 0.387 e. The Morgan fingerprint density at radius 2 is 1.70 bits per heavy atom. The van der Waals surface area contributed by atoms with Gasteiger partial charge < -0.3 is 18.9 Å². The van der Waals surface area contributed by atoms with E-state index in [0.717, 1.165) is 0 Å². The summed E-state index contributed by atoms with van der Waals surface area (Å²) in [7, 11) is 3.00. The van der Waals surface area contributed by atoms with Crippen molar-refractivity contribution in [1.29, 1.82) is 0 Å². The van der Waals surface area contributed by atoms with Gasteiger partial charge in [-0.05, 0) is 48.9 Å². The van der Waals surface area contributed by atoms with Crippen molar-refractivity contribution in [1.82, 2.24) is 0 Å². The van der Waals surface area contributed by atoms with E-state index in [1.807, 2.05) is 0 Å². The van der Waals surface area contributed by atoms with E-state index in [2.05, 4.69) is 4.74 Å². The first-order chi connectivity index (χ1) is 13.0. The molecule has 0 atom stereocenters. The van der Waals surface area contributed by atoms with Gasteiger partial charge in [-0.3, -0.25) is 4.79 Å². The molecule has 2 aromatic carbocycles. The van der Waals surface area contributed by atoms with Gasteiger partial charge in [0.05, 0.1) is 20.8 Å². The molecule has 0 saturated heterocycles. The third kappa shape index (κ3) is 5.44. The summed E-state index contributed by atoms with van der Waals surface area (Å²) in [5, 5.41) is 0. The Hall–Kier alpha value is -3.09. The fourth-order valence-electron chi connectivity index (χ4n) is 2.35. The Morgan fingerprint density at radius 1 is 1.00 bits per heavy atom. The number of alkyl halides is 2. The van der Waals surface area contributed by atoms with Gasteiger partial charge in [-0.1, -0.05) is 12.1 Å². The van der Waals surface area contributed by atoms with Crippen molar-refractivity contribution in [3.63, 3.8) is 0 Å². The minimum absolute atomic E-state index is 0.0600. The molecule has 0 bridgehead atoms. The van der Waals surface area contributed by atoms with E-state index < -0.39 is 6.61 Å². The van der Waals surface area contributed by atoms with E-state index in [4.69, 9.17) is 14.2 Å². The molecule has 0 heterocycles. The molecule has 0 unspecified atom stereocenters. The van der Waals surface area contributed by atoms with Crippen LogP contribution in [-0.2, 0) is 0 Å². The number of hydrogen-bond acceptors (Lipinski definition) is 5. The highest BCUT2D eigenvalue weighted by atomic mass is 19.3. The van der Waals surface area contributed by atoms with Crippen LogP contribution in [-0.4, -0.2) is 33.2 Å². The lowest BCUT2D eigenvalue weighted by Gasteiger charge is -2.11. The van der Waals surface area contributed by atoms with E-state index in [1.165, 1.54) is 32.4 Å². The third-order valence-electron chi connectivity index (χ3n) is 3.58. The number of hydrogen-bond donors (Lipinski definition) is 0. The summed E-state index contributed by atoms with van der Waals surface area (Å²) in [6.45, 7) is -0.927. The first kappa shape index (κ1) is 20.2. The van der Waals surface area contributed by atoms with Crippen LogP contribution in [0.2, 0.25) is 0 Å². The van der Waals surface area contributed by atoms with E-state index in [1.54, 1.807) is 37.3 Å². The zero-order valence-electron chi connectivity index (χ0n) is 15.2. The van der Waals surface area contributed by atoms with Crippen molar-refractivity contribution in [3.05, 3.63) is 53.6 Å². The molecule has 2 aromatic rings. The van der Waals surface area contributed by atoms with Crippen LogP contribution in [0.25, 0.3) is 6.08 Å². The van der Waals surface area contributed by atoms with Crippen LogP contribution in [0.5, 0.6) is 23.0 Å². The fourth-order valence-corrected chi connectivity index (χ4v) is 2.35. The second-order valence-corrected chi connectivity index (χ2v) is 5.29. The molecule has 5 nitrogen and oxygen atoms in total. The summed E-state index contributed by atoms with van der Waals surface area (Å²) in [5.74, 6) is 0.841. The highest BCUT2D eigenvalue weighted by Gasteiger charge is 2.12. The predicted octanol–water partition coefficient (Wildman–Crippen LogP) is 4.60. The van der Waals surface area contributed by atoms with Crippen LogP contribution in [0.4, 0.5) is 8.78 Å². The van der Waals surface area contributed by atoms with Gasteiger partial charge in [0.15, 0.2) is 28.8 Å². The minimum Gasteiger partial charge on any atom is -0.493 e. The Balaban J connectivity index is 2.21. The topological polar surface area (TPSA) is 54.0 Å². The number of carbonyl (C=O) groups is 1. The zero-order valence-corrected chi connectivity index (χ0v) is 15.2. The van der Waals surface area contributed by atoms with Gasteiger partial charge in [-0.25, -0.2) is 0 Å². The van der Waals surface area contributed by atoms with Gasteiger partial charge in [0.25, 0.3) is 0 Å². The van der Waals surface area contributed by atoms with Crippen molar-refractivity contribution in [2.24, 2.45) is 0 Å². The van der Waals surface area contributed by atoms with Gasteiger partial charge in [0.1, 0.15) is 0 Å². The lowest BCUT2D eigenvalue weighted by molar-refractivity contribution is -0.0514. The van der Waals surface area contributed by atoms with Crippen molar-refractivity contribution in [3.8, 4) is 23.0 Å². The van der Waals surface area contributed by atoms with Crippen LogP contribution in [0.1, 0.15) is 22.8 Å². The largest absolute Gasteiger partial charge is 0.493 e. The molecular weight excluding hydrogens is 358 g/mol.